The number of hydrogen-bond acceptors (Lipinski definition) is 2. The van der Waals surface area contributed by atoms with Crippen LogP contribution in [-0.4, -0.2) is 18.0 Å². The Morgan fingerprint density at radius 2 is 2.06 bits per heavy atom. The van der Waals surface area contributed by atoms with Crippen LogP contribution in [0.5, 0.6) is 0 Å². The standard InChI is InChI=1S/C15H23FN2/c1-15(2)7-4-9-18(10-8-15)11-12-5-3-6-13(17)14(12)16/h3,5-6H,4,7-11,17H2,1-2H3. The van der Waals surface area contributed by atoms with Gasteiger partial charge in [0.2, 0.25) is 0 Å². The molecular weight excluding hydrogens is 227 g/mol. The molecule has 0 atom stereocenters. The van der Waals surface area contributed by atoms with E-state index < -0.39 is 0 Å². The van der Waals surface area contributed by atoms with E-state index in [1.165, 1.54) is 19.3 Å². The van der Waals surface area contributed by atoms with Crippen LogP contribution in [0.25, 0.3) is 0 Å². The van der Waals surface area contributed by atoms with E-state index in [4.69, 9.17) is 5.73 Å². The summed E-state index contributed by atoms with van der Waals surface area (Å²) in [7, 11) is 0. The Morgan fingerprint density at radius 1 is 1.28 bits per heavy atom. The van der Waals surface area contributed by atoms with Crippen LogP contribution in [0.3, 0.4) is 0 Å². The van der Waals surface area contributed by atoms with Crippen molar-refractivity contribution in [3.63, 3.8) is 0 Å². The van der Waals surface area contributed by atoms with Gasteiger partial charge in [0.15, 0.2) is 5.82 Å². The third-order valence-corrected chi connectivity index (χ3v) is 3.94. The number of likely N-dealkylation sites (tertiary alicyclic amines) is 1. The smallest absolute Gasteiger partial charge is 0.150 e. The fraction of sp³-hybridized carbons (Fsp3) is 0.600. The van der Waals surface area contributed by atoms with E-state index in [0.717, 1.165) is 18.7 Å². The highest BCUT2D eigenvalue weighted by molar-refractivity contribution is 5.42. The lowest BCUT2D eigenvalue weighted by atomic mass is 9.85. The maximum absolute atomic E-state index is 13.9. The van der Waals surface area contributed by atoms with Crippen LogP contribution in [-0.2, 0) is 6.54 Å². The van der Waals surface area contributed by atoms with Crippen LogP contribution in [0.15, 0.2) is 18.2 Å². The first-order chi connectivity index (χ1) is 8.48. The summed E-state index contributed by atoms with van der Waals surface area (Å²) >= 11 is 0. The predicted molar refractivity (Wildman–Crippen MR) is 73.7 cm³/mol. The van der Waals surface area contributed by atoms with Gasteiger partial charge >= 0.3 is 0 Å². The maximum Gasteiger partial charge on any atom is 0.150 e. The molecule has 1 aromatic carbocycles. The normalized spacial score (nSPS) is 20.6. The molecule has 0 bridgehead atoms. The van der Waals surface area contributed by atoms with Gasteiger partial charge in [0.1, 0.15) is 0 Å². The van der Waals surface area contributed by atoms with Gasteiger partial charge in [-0.05, 0) is 43.8 Å². The molecule has 100 valence electrons. The summed E-state index contributed by atoms with van der Waals surface area (Å²) in [5.74, 6) is -0.249. The summed E-state index contributed by atoms with van der Waals surface area (Å²) in [5, 5.41) is 0. The Balaban J connectivity index is 2.03. The average molecular weight is 250 g/mol. The fourth-order valence-corrected chi connectivity index (χ4v) is 2.60. The van der Waals surface area contributed by atoms with Crippen molar-refractivity contribution >= 4 is 5.69 Å². The third-order valence-electron chi connectivity index (χ3n) is 3.94. The lowest BCUT2D eigenvalue weighted by Gasteiger charge is -2.23. The second-order valence-corrected chi connectivity index (χ2v) is 6.11. The van der Waals surface area contributed by atoms with Crippen molar-refractivity contribution in [2.45, 2.75) is 39.7 Å². The summed E-state index contributed by atoms with van der Waals surface area (Å²) in [6.07, 6.45) is 3.62. The van der Waals surface area contributed by atoms with Crippen molar-refractivity contribution in [3.8, 4) is 0 Å². The van der Waals surface area contributed by atoms with Crippen LogP contribution < -0.4 is 5.73 Å². The number of benzene rings is 1. The third kappa shape index (κ3) is 3.22. The molecule has 0 radical (unpaired) electrons. The molecule has 0 amide bonds. The molecule has 2 nitrogen and oxygen atoms in total. The van der Waals surface area contributed by atoms with Gasteiger partial charge in [-0.25, -0.2) is 4.39 Å². The molecule has 1 aliphatic heterocycles. The van der Waals surface area contributed by atoms with Gasteiger partial charge in [0.05, 0.1) is 5.69 Å². The first kappa shape index (κ1) is 13.3. The number of rotatable bonds is 2. The summed E-state index contributed by atoms with van der Waals surface area (Å²) in [6.45, 7) is 7.40. The van der Waals surface area contributed by atoms with Gasteiger partial charge in [-0.3, -0.25) is 4.90 Å². The Labute approximate surface area is 109 Å². The number of nitrogens with two attached hydrogens (primary N) is 1. The van der Waals surface area contributed by atoms with Crippen molar-refractivity contribution in [3.05, 3.63) is 29.6 Å². The minimum Gasteiger partial charge on any atom is -0.396 e. The fourth-order valence-electron chi connectivity index (χ4n) is 2.60. The molecule has 0 aromatic heterocycles. The molecule has 1 aliphatic rings. The van der Waals surface area contributed by atoms with Crippen molar-refractivity contribution in [2.75, 3.05) is 18.8 Å². The lowest BCUT2D eigenvalue weighted by Crippen LogP contribution is -2.25. The topological polar surface area (TPSA) is 29.3 Å². The molecule has 0 spiro atoms. The van der Waals surface area contributed by atoms with E-state index in [9.17, 15) is 4.39 Å². The highest BCUT2D eigenvalue weighted by Gasteiger charge is 2.23. The zero-order valence-corrected chi connectivity index (χ0v) is 11.4. The summed E-state index contributed by atoms with van der Waals surface area (Å²) in [5.41, 5.74) is 7.00. The van der Waals surface area contributed by atoms with Gasteiger partial charge in [0.25, 0.3) is 0 Å². The second-order valence-electron chi connectivity index (χ2n) is 6.11. The molecule has 2 rings (SSSR count). The Bertz CT molecular complexity index is 415. The first-order valence-corrected chi connectivity index (χ1v) is 6.73. The lowest BCUT2D eigenvalue weighted by molar-refractivity contribution is 0.253. The average Bonchev–Trinajstić information content (AvgIpc) is 2.47. The van der Waals surface area contributed by atoms with Gasteiger partial charge in [0, 0.05) is 12.1 Å². The van der Waals surface area contributed by atoms with Crippen molar-refractivity contribution < 1.29 is 4.39 Å². The van der Waals surface area contributed by atoms with Crippen LogP contribution in [0.2, 0.25) is 0 Å². The first-order valence-electron chi connectivity index (χ1n) is 6.73. The largest absolute Gasteiger partial charge is 0.396 e. The van der Waals surface area contributed by atoms with Crippen LogP contribution >= 0.6 is 0 Å². The number of nitrogen functional groups attached to an aromatic ring is 1. The molecule has 0 saturated carbocycles. The van der Waals surface area contributed by atoms with Crippen molar-refractivity contribution in [1.82, 2.24) is 4.90 Å². The molecule has 3 heteroatoms. The summed E-state index contributed by atoms with van der Waals surface area (Å²) in [6, 6.07) is 5.28. The van der Waals surface area contributed by atoms with Crippen LogP contribution in [0, 0.1) is 11.2 Å². The Hall–Kier alpha value is -1.09. The van der Waals surface area contributed by atoms with Crippen molar-refractivity contribution in [1.29, 1.82) is 0 Å². The molecule has 1 heterocycles. The Morgan fingerprint density at radius 3 is 2.83 bits per heavy atom. The molecular formula is C15H23FN2. The molecule has 1 saturated heterocycles. The van der Waals surface area contributed by atoms with Gasteiger partial charge in [-0.2, -0.15) is 0 Å². The van der Waals surface area contributed by atoms with E-state index in [1.807, 2.05) is 12.1 Å². The highest BCUT2D eigenvalue weighted by atomic mass is 19.1. The molecule has 1 aromatic rings. The second kappa shape index (κ2) is 5.27. The SMILES string of the molecule is CC1(C)CCCN(Cc2cccc(N)c2F)CC1. The maximum atomic E-state index is 13.9. The minimum atomic E-state index is -0.249. The van der Waals surface area contributed by atoms with E-state index in [1.54, 1.807) is 6.07 Å². The number of nitrogens with zero attached hydrogens (tertiary/aromatic N) is 1. The molecule has 0 aliphatic carbocycles. The van der Waals surface area contributed by atoms with E-state index in [0.29, 0.717) is 12.0 Å². The monoisotopic (exact) mass is 250 g/mol. The molecule has 1 fully saturated rings. The highest BCUT2D eigenvalue weighted by Crippen LogP contribution is 2.30. The molecule has 0 unspecified atom stereocenters. The molecule has 18 heavy (non-hydrogen) atoms. The van der Waals surface area contributed by atoms with Crippen molar-refractivity contribution in [2.24, 2.45) is 5.41 Å². The number of hydrogen-bond donors (Lipinski definition) is 1. The van der Waals surface area contributed by atoms with Gasteiger partial charge in [-0.15, -0.1) is 0 Å². The van der Waals surface area contributed by atoms with E-state index in [2.05, 4.69) is 18.7 Å². The van der Waals surface area contributed by atoms with Gasteiger partial charge in [-0.1, -0.05) is 26.0 Å². The van der Waals surface area contributed by atoms with Crippen LogP contribution in [0.4, 0.5) is 10.1 Å². The van der Waals surface area contributed by atoms with Gasteiger partial charge < -0.3 is 5.73 Å². The number of anilines is 1. The zero-order valence-electron chi connectivity index (χ0n) is 11.4. The Kier molecular flexibility index (Phi) is 3.91. The zero-order chi connectivity index (χ0) is 13.2. The van der Waals surface area contributed by atoms with E-state index in [-0.39, 0.29) is 11.5 Å². The van der Waals surface area contributed by atoms with E-state index >= 15 is 0 Å². The molecule has 2 N–H and O–H groups in total. The predicted octanol–water partition coefficient (Wildman–Crippen LogP) is 3.42. The number of halogens is 1. The van der Waals surface area contributed by atoms with Crippen LogP contribution in [0.1, 0.15) is 38.7 Å². The summed E-state index contributed by atoms with van der Waals surface area (Å²) < 4.78 is 13.9. The quantitative estimate of drug-likeness (QED) is 0.815. The summed E-state index contributed by atoms with van der Waals surface area (Å²) in [4.78, 5) is 2.34. The minimum absolute atomic E-state index is 0.249.